The summed E-state index contributed by atoms with van der Waals surface area (Å²) in [6.07, 6.45) is 3.65. The molecule has 0 bridgehead atoms. The number of anilines is 2. The largest absolute Gasteiger partial charge is 0.465 e. The van der Waals surface area contributed by atoms with E-state index in [2.05, 4.69) is 10.2 Å². The van der Waals surface area contributed by atoms with Crippen molar-refractivity contribution < 1.29 is 9.53 Å². The van der Waals surface area contributed by atoms with Crippen molar-refractivity contribution in [2.75, 3.05) is 31.2 Å². The zero-order valence-electron chi connectivity index (χ0n) is 11.8. The molecule has 2 aliphatic rings. The van der Waals surface area contributed by atoms with Crippen LogP contribution in [0.15, 0.2) is 18.2 Å². The summed E-state index contributed by atoms with van der Waals surface area (Å²) in [4.78, 5) is 14.1. The second-order valence-electron chi connectivity index (χ2n) is 5.58. The van der Waals surface area contributed by atoms with Gasteiger partial charge < -0.3 is 15.8 Å². The molecule has 2 fully saturated rings. The molecule has 0 spiro atoms. The number of carbonyl (C=O) groups excluding carboxylic acids is 1. The summed E-state index contributed by atoms with van der Waals surface area (Å²) in [6, 6.07) is 6.28. The molecule has 1 aromatic rings. The molecule has 0 radical (unpaired) electrons. The van der Waals surface area contributed by atoms with Gasteiger partial charge in [-0.25, -0.2) is 4.79 Å². The Hall–Kier alpha value is -1.75. The van der Waals surface area contributed by atoms with Gasteiger partial charge in [-0.15, -0.1) is 0 Å². The molecule has 2 saturated heterocycles. The van der Waals surface area contributed by atoms with E-state index in [9.17, 15) is 4.79 Å². The van der Waals surface area contributed by atoms with Crippen molar-refractivity contribution >= 4 is 17.3 Å². The second kappa shape index (κ2) is 5.32. The van der Waals surface area contributed by atoms with Crippen LogP contribution in [0.5, 0.6) is 0 Å². The number of rotatable bonds is 3. The first kappa shape index (κ1) is 13.2. The number of benzene rings is 1. The van der Waals surface area contributed by atoms with Crippen LogP contribution in [0.25, 0.3) is 0 Å². The first-order valence-corrected chi connectivity index (χ1v) is 7.17. The Morgan fingerprint density at radius 3 is 3.05 bits per heavy atom. The van der Waals surface area contributed by atoms with Crippen LogP contribution >= 0.6 is 0 Å². The van der Waals surface area contributed by atoms with E-state index in [0.717, 1.165) is 18.7 Å². The van der Waals surface area contributed by atoms with Gasteiger partial charge in [0, 0.05) is 18.6 Å². The van der Waals surface area contributed by atoms with Crippen molar-refractivity contribution in [1.29, 1.82) is 0 Å². The number of nitrogens with zero attached hydrogens (tertiary/aromatic N) is 1. The van der Waals surface area contributed by atoms with E-state index in [1.807, 2.05) is 0 Å². The first-order valence-electron chi connectivity index (χ1n) is 7.17. The molecule has 5 nitrogen and oxygen atoms in total. The van der Waals surface area contributed by atoms with Crippen LogP contribution in [0.4, 0.5) is 11.4 Å². The van der Waals surface area contributed by atoms with Crippen molar-refractivity contribution in [2.45, 2.75) is 31.3 Å². The van der Waals surface area contributed by atoms with Crippen LogP contribution in [-0.2, 0) is 4.74 Å². The lowest BCUT2D eigenvalue weighted by molar-refractivity contribution is 0.0601. The van der Waals surface area contributed by atoms with Gasteiger partial charge in [-0.1, -0.05) is 0 Å². The highest BCUT2D eigenvalue weighted by atomic mass is 16.5. The molecule has 20 heavy (non-hydrogen) atoms. The molecular formula is C15H21N3O2. The molecule has 2 atom stereocenters. The van der Waals surface area contributed by atoms with E-state index < -0.39 is 0 Å². The molecule has 108 valence electrons. The Kier molecular flexibility index (Phi) is 3.53. The van der Waals surface area contributed by atoms with E-state index in [1.165, 1.54) is 26.5 Å². The number of fused-ring (bicyclic) bond motifs is 1. The van der Waals surface area contributed by atoms with Gasteiger partial charge in [-0.05, 0) is 44.0 Å². The number of hydrogen-bond donors (Lipinski definition) is 2. The van der Waals surface area contributed by atoms with Crippen LogP contribution in [0, 0.1) is 0 Å². The fraction of sp³-hybridized carbons (Fsp3) is 0.533. The predicted octanol–water partition coefficient (Wildman–Crippen LogP) is 1.70. The SMILES string of the molecule is COC(=O)c1ccc(N)c(NC2CCN3CCCC23)c1. The average molecular weight is 275 g/mol. The van der Waals surface area contributed by atoms with Gasteiger partial charge in [-0.2, -0.15) is 0 Å². The first-order chi connectivity index (χ1) is 9.69. The summed E-state index contributed by atoms with van der Waals surface area (Å²) in [5.74, 6) is -0.332. The summed E-state index contributed by atoms with van der Waals surface area (Å²) in [5, 5.41) is 3.53. The van der Waals surface area contributed by atoms with Crippen LogP contribution in [0.3, 0.4) is 0 Å². The fourth-order valence-electron chi connectivity index (χ4n) is 3.38. The van der Waals surface area contributed by atoms with E-state index in [1.54, 1.807) is 18.2 Å². The Morgan fingerprint density at radius 2 is 2.25 bits per heavy atom. The van der Waals surface area contributed by atoms with E-state index in [4.69, 9.17) is 10.5 Å². The Labute approximate surface area is 119 Å². The summed E-state index contributed by atoms with van der Waals surface area (Å²) in [7, 11) is 1.39. The third-order valence-electron chi connectivity index (χ3n) is 4.42. The third-order valence-corrected chi connectivity index (χ3v) is 4.42. The number of nitrogen functional groups attached to an aromatic ring is 1. The van der Waals surface area contributed by atoms with Crippen molar-refractivity contribution in [3.05, 3.63) is 23.8 Å². The normalized spacial score (nSPS) is 25.4. The lowest BCUT2D eigenvalue weighted by Gasteiger charge is -2.23. The number of nitrogens with one attached hydrogen (secondary N) is 1. The van der Waals surface area contributed by atoms with E-state index in [0.29, 0.717) is 23.3 Å². The average Bonchev–Trinajstić information content (AvgIpc) is 3.05. The van der Waals surface area contributed by atoms with E-state index >= 15 is 0 Å². The van der Waals surface area contributed by atoms with Gasteiger partial charge in [0.05, 0.1) is 24.0 Å². The summed E-state index contributed by atoms with van der Waals surface area (Å²) < 4.78 is 4.75. The van der Waals surface area contributed by atoms with Crippen molar-refractivity contribution in [1.82, 2.24) is 4.90 Å². The Bertz CT molecular complexity index is 518. The molecule has 5 heteroatoms. The summed E-state index contributed by atoms with van der Waals surface area (Å²) >= 11 is 0. The van der Waals surface area contributed by atoms with Gasteiger partial charge in [0.15, 0.2) is 0 Å². The number of methoxy groups -OCH3 is 1. The number of ether oxygens (including phenoxy) is 1. The second-order valence-corrected chi connectivity index (χ2v) is 5.58. The minimum atomic E-state index is -0.332. The maximum absolute atomic E-state index is 11.6. The van der Waals surface area contributed by atoms with Crippen LogP contribution in [0.1, 0.15) is 29.6 Å². The van der Waals surface area contributed by atoms with Crippen LogP contribution in [0.2, 0.25) is 0 Å². The minimum absolute atomic E-state index is 0.332. The lowest BCUT2D eigenvalue weighted by atomic mass is 10.1. The zero-order valence-corrected chi connectivity index (χ0v) is 11.8. The zero-order chi connectivity index (χ0) is 14.1. The fourth-order valence-corrected chi connectivity index (χ4v) is 3.38. The highest BCUT2D eigenvalue weighted by Gasteiger charge is 2.37. The van der Waals surface area contributed by atoms with Gasteiger partial charge >= 0.3 is 5.97 Å². The number of nitrogens with two attached hydrogens (primary N) is 1. The monoisotopic (exact) mass is 275 g/mol. The van der Waals surface area contributed by atoms with Gasteiger partial charge in [0.1, 0.15) is 0 Å². The maximum Gasteiger partial charge on any atom is 0.337 e. The minimum Gasteiger partial charge on any atom is -0.465 e. The molecule has 3 rings (SSSR count). The molecule has 2 aliphatic heterocycles. The predicted molar refractivity (Wildman–Crippen MR) is 78.8 cm³/mol. The number of carbonyl (C=O) groups is 1. The van der Waals surface area contributed by atoms with Crippen molar-refractivity contribution in [3.63, 3.8) is 0 Å². The van der Waals surface area contributed by atoms with Crippen LogP contribution < -0.4 is 11.1 Å². The van der Waals surface area contributed by atoms with Crippen molar-refractivity contribution in [2.24, 2.45) is 0 Å². The standard InChI is InChI=1S/C15H21N3O2/c1-20-15(19)10-4-5-11(16)13(9-10)17-12-6-8-18-7-2-3-14(12)18/h4-5,9,12,14,17H,2-3,6-8,16H2,1H3. The Morgan fingerprint density at radius 1 is 1.40 bits per heavy atom. The molecule has 0 amide bonds. The third kappa shape index (κ3) is 2.33. The van der Waals surface area contributed by atoms with Crippen LogP contribution in [-0.4, -0.2) is 43.2 Å². The van der Waals surface area contributed by atoms with Gasteiger partial charge in [0.2, 0.25) is 0 Å². The molecule has 1 aromatic carbocycles. The highest BCUT2D eigenvalue weighted by molar-refractivity contribution is 5.92. The molecule has 0 saturated carbocycles. The Balaban J connectivity index is 1.78. The van der Waals surface area contributed by atoms with Gasteiger partial charge in [0.25, 0.3) is 0 Å². The molecule has 0 aliphatic carbocycles. The maximum atomic E-state index is 11.6. The topological polar surface area (TPSA) is 67.6 Å². The summed E-state index contributed by atoms with van der Waals surface area (Å²) in [5.41, 5.74) is 8.07. The molecule has 3 N–H and O–H groups in total. The highest BCUT2D eigenvalue weighted by Crippen LogP contribution is 2.31. The lowest BCUT2D eigenvalue weighted by Crippen LogP contribution is -2.34. The number of hydrogen-bond acceptors (Lipinski definition) is 5. The molecule has 2 heterocycles. The molecule has 0 aromatic heterocycles. The number of esters is 1. The van der Waals surface area contributed by atoms with Gasteiger partial charge in [-0.3, -0.25) is 4.90 Å². The molecular weight excluding hydrogens is 254 g/mol. The quantitative estimate of drug-likeness (QED) is 0.649. The smallest absolute Gasteiger partial charge is 0.337 e. The summed E-state index contributed by atoms with van der Waals surface area (Å²) in [6.45, 7) is 2.36. The van der Waals surface area contributed by atoms with Crippen molar-refractivity contribution in [3.8, 4) is 0 Å². The molecule has 2 unspecified atom stereocenters. The van der Waals surface area contributed by atoms with E-state index in [-0.39, 0.29) is 5.97 Å².